The predicted octanol–water partition coefficient (Wildman–Crippen LogP) is 1.26. The van der Waals surface area contributed by atoms with Crippen LogP contribution in [0.5, 0.6) is 11.5 Å². The van der Waals surface area contributed by atoms with Crippen LogP contribution < -0.4 is 5.43 Å². The Morgan fingerprint density at radius 1 is 1.26 bits per heavy atom. The summed E-state index contributed by atoms with van der Waals surface area (Å²) in [5, 5.41) is 22.3. The van der Waals surface area contributed by atoms with Crippen molar-refractivity contribution in [1.29, 1.82) is 0 Å². The van der Waals surface area contributed by atoms with Gasteiger partial charge in [0, 0.05) is 17.8 Å². The maximum atomic E-state index is 11.6. The summed E-state index contributed by atoms with van der Waals surface area (Å²) in [4.78, 5) is 15.4. The lowest BCUT2D eigenvalue weighted by Gasteiger charge is -2.00. The van der Waals surface area contributed by atoms with Gasteiger partial charge in [-0.2, -0.15) is 5.10 Å². The van der Waals surface area contributed by atoms with Crippen molar-refractivity contribution in [3.63, 3.8) is 0 Å². The zero-order valence-electron chi connectivity index (χ0n) is 9.82. The molecule has 2 aromatic rings. The Bertz CT molecular complexity index is 612. The van der Waals surface area contributed by atoms with Crippen molar-refractivity contribution in [2.24, 2.45) is 5.10 Å². The molecule has 6 nitrogen and oxygen atoms in total. The maximum Gasteiger partial charge on any atom is 0.289 e. The quantitative estimate of drug-likeness (QED) is 0.569. The SMILES string of the molecule is O=C(N/N=C\c1ccc(O)cc1O)c1ccccn1. The van der Waals surface area contributed by atoms with Crippen molar-refractivity contribution in [3.05, 3.63) is 53.9 Å². The van der Waals surface area contributed by atoms with Gasteiger partial charge in [-0.3, -0.25) is 9.78 Å². The molecule has 0 aliphatic carbocycles. The fraction of sp³-hybridized carbons (Fsp3) is 0. The number of carbonyl (C=O) groups is 1. The fourth-order valence-electron chi connectivity index (χ4n) is 1.36. The molecule has 0 spiro atoms. The summed E-state index contributed by atoms with van der Waals surface area (Å²) < 4.78 is 0. The number of nitrogens with zero attached hydrogens (tertiary/aromatic N) is 2. The number of rotatable bonds is 3. The predicted molar refractivity (Wildman–Crippen MR) is 69.1 cm³/mol. The van der Waals surface area contributed by atoms with E-state index in [0.717, 1.165) is 0 Å². The van der Waals surface area contributed by atoms with E-state index in [1.54, 1.807) is 18.2 Å². The van der Waals surface area contributed by atoms with Crippen LogP contribution in [-0.4, -0.2) is 27.3 Å². The van der Waals surface area contributed by atoms with Crippen molar-refractivity contribution < 1.29 is 15.0 Å². The van der Waals surface area contributed by atoms with Crippen LogP contribution in [0, 0.1) is 0 Å². The highest BCUT2D eigenvalue weighted by atomic mass is 16.3. The number of aromatic hydroxyl groups is 2. The third-order valence-electron chi connectivity index (χ3n) is 2.28. The van der Waals surface area contributed by atoms with Gasteiger partial charge in [0.2, 0.25) is 0 Å². The van der Waals surface area contributed by atoms with Gasteiger partial charge in [0.1, 0.15) is 17.2 Å². The minimum absolute atomic E-state index is 0.0489. The van der Waals surface area contributed by atoms with Crippen LogP contribution in [0.3, 0.4) is 0 Å². The second-order valence-corrected chi connectivity index (χ2v) is 3.66. The monoisotopic (exact) mass is 257 g/mol. The van der Waals surface area contributed by atoms with Crippen LogP contribution in [0.2, 0.25) is 0 Å². The molecule has 0 saturated heterocycles. The third kappa shape index (κ3) is 3.29. The number of hydrazone groups is 1. The number of phenols is 2. The number of hydrogen-bond donors (Lipinski definition) is 3. The van der Waals surface area contributed by atoms with Crippen molar-refractivity contribution in [1.82, 2.24) is 10.4 Å². The molecule has 0 aliphatic rings. The van der Waals surface area contributed by atoms with Gasteiger partial charge in [0.25, 0.3) is 5.91 Å². The Morgan fingerprint density at radius 3 is 2.79 bits per heavy atom. The van der Waals surface area contributed by atoms with E-state index in [-0.39, 0.29) is 17.2 Å². The number of benzene rings is 1. The minimum atomic E-state index is -0.449. The molecule has 0 unspecified atom stereocenters. The van der Waals surface area contributed by atoms with Crippen LogP contribution >= 0.6 is 0 Å². The van der Waals surface area contributed by atoms with E-state index in [9.17, 15) is 9.90 Å². The Labute approximate surface area is 109 Å². The van der Waals surface area contributed by atoms with Gasteiger partial charge in [0.15, 0.2) is 0 Å². The van der Waals surface area contributed by atoms with Crippen LogP contribution in [-0.2, 0) is 0 Å². The molecule has 0 bridgehead atoms. The molecule has 0 fully saturated rings. The largest absolute Gasteiger partial charge is 0.508 e. The van der Waals surface area contributed by atoms with Gasteiger partial charge in [-0.05, 0) is 24.3 Å². The first-order valence-corrected chi connectivity index (χ1v) is 5.43. The van der Waals surface area contributed by atoms with Gasteiger partial charge in [-0.15, -0.1) is 0 Å². The Hall–Kier alpha value is -2.89. The second kappa shape index (κ2) is 5.63. The number of aromatic nitrogens is 1. The van der Waals surface area contributed by atoms with Crippen LogP contribution in [0.15, 0.2) is 47.7 Å². The van der Waals surface area contributed by atoms with Gasteiger partial charge in [-0.25, -0.2) is 5.43 Å². The van der Waals surface area contributed by atoms with Crippen molar-refractivity contribution in [2.45, 2.75) is 0 Å². The topological polar surface area (TPSA) is 94.8 Å². The molecule has 0 radical (unpaired) electrons. The van der Waals surface area contributed by atoms with Gasteiger partial charge < -0.3 is 10.2 Å². The normalized spacial score (nSPS) is 10.5. The molecule has 3 N–H and O–H groups in total. The first-order chi connectivity index (χ1) is 9.16. The van der Waals surface area contributed by atoms with Gasteiger partial charge in [0.05, 0.1) is 6.21 Å². The second-order valence-electron chi connectivity index (χ2n) is 3.66. The zero-order valence-corrected chi connectivity index (χ0v) is 9.82. The van der Waals surface area contributed by atoms with Gasteiger partial charge in [-0.1, -0.05) is 6.07 Å². The first kappa shape index (κ1) is 12.6. The number of pyridine rings is 1. The molecule has 1 amide bonds. The van der Waals surface area contributed by atoms with E-state index in [2.05, 4.69) is 15.5 Å². The van der Waals surface area contributed by atoms with E-state index in [4.69, 9.17) is 5.11 Å². The molecule has 19 heavy (non-hydrogen) atoms. The van der Waals surface area contributed by atoms with Gasteiger partial charge >= 0.3 is 0 Å². The molecule has 96 valence electrons. The summed E-state index contributed by atoms with van der Waals surface area (Å²) >= 11 is 0. The van der Waals surface area contributed by atoms with E-state index >= 15 is 0 Å². The minimum Gasteiger partial charge on any atom is -0.508 e. The Balaban J connectivity index is 2.02. The molecular weight excluding hydrogens is 246 g/mol. The highest BCUT2D eigenvalue weighted by molar-refractivity contribution is 5.93. The van der Waals surface area contributed by atoms with E-state index in [1.807, 2.05) is 0 Å². The molecule has 6 heteroatoms. The van der Waals surface area contributed by atoms with Crippen LogP contribution in [0.1, 0.15) is 16.1 Å². The lowest BCUT2D eigenvalue weighted by Crippen LogP contribution is -2.18. The van der Waals surface area contributed by atoms with Crippen LogP contribution in [0.4, 0.5) is 0 Å². The van der Waals surface area contributed by atoms with Crippen molar-refractivity contribution in [2.75, 3.05) is 0 Å². The standard InChI is InChI=1S/C13H11N3O3/c17-10-5-4-9(12(18)7-10)8-15-16-13(19)11-3-1-2-6-14-11/h1-8,17-18H,(H,16,19)/b15-8-. The highest BCUT2D eigenvalue weighted by Crippen LogP contribution is 2.20. The third-order valence-corrected chi connectivity index (χ3v) is 2.28. The fourth-order valence-corrected chi connectivity index (χ4v) is 1.36. The Morgan fingerprint density at radius 2 is 2.11 bits per heavy atom. The molecular formula is C13H11N3O3. The summed E-state index contributed by atoms with van der Waals surface area (Å²) in [6, 6.07) is 9.01. The molecule has 0 saturated carbocycles. The van der Waals surface area contributed by atoms with Crippen LogP contribution in [0.25, 0.3) is 0 Å². The average molecular weight is 257 g/mol. The number of hydrogen-bond acceptors (Lipinski definition) is 5. The lowest BCUT2D eigenvalue weighted by atomic mass is 10.2. The zero-order chi connectivity index (χ0) is 13.7. The number of phenolic OH excluding ortho intramolecular Hbond substituents is 2. The summed E-state index contributed by atoms with van der Waals surface area (Å²) in [5.74, 6) is -0.627. The molecule has 0 aliphatic heterocycles. The van der Waals surface area contributed by atoms with Crippen molar-refractivity contribution in [3.8, 4) is 11.5 Å². The van der Waals surface area contributed by atoms with E-state index < -0.39 is 5.91 Å². The summed E-state index contributed by atoms with van der Waals surface area (Å²) in [5.41, 5.74) is 2.90. The number of carbonyl (C=O) groups excluding carboxylic acids is 1. The summed E-state index contributed by atoms with van der Waals surface area (Å²) in [7, 11) is 0. The summed E-state index contributed by atoms with van der Waals surface area (Å²) in [6.45, 7) is 0. The first-order valence-electron chi connectivity index (χ1n) is 5.43. The molecule has 0 atom stereocenters. The smallest absolute Gasteiger partial charge is 0.289 e. The average Bonchev–Trinajstić information content (AvgIpc) is 2.42. The molecule has 1 aromatic heterocycles. The van der Waals surface area contributed by atoms with Crippen molar-refractivity contribution >= 4 is 12.1 Å². The number of amides is 1. The summed E-state index contributed by atoms with van der Waals surface area (Å²) in [6.07, 6.45) is 2.78. The molecule has 2 rings (SSSR count). The molecule has 1 heterocycles. The van der Waals surface area contributed by atoms with E-state index in [1.165, 1.54) is 30.6 Å². The number of nitrogens with one attached hydrogen (secondary N) is 1. The highest BCUT2D eigenvalue weighted by Gasteiger charge is 2.04. The Kier molecular flexibility index (Phi) is 3.72. The maximum absolute atomic E-state index is 11.6. The molecule has 1 aromatic carbocycles. The lowest BCUT2D eigenvalue weighted by molar-refractivity contribution is 0.0950. The van der Waals surface area contributed by atoms with E-state index in [0.29, 0.717) is 5.56 Å².